The van der Waals surface area contributed by atoms with Gasteiger partial charge in [0.2, 0.25) is 5.88 Å². The van der Waals surface area contributed by atoms with Gasteiger partial charge in [-0.3, -0.25) is 14.2 Å². The third-order valence-electron chi connectivity index (χ3n) is 3.77. The van der Waals surface area contributed by atoms with Crippen LogP contribution >= 0.6 is 0 Å². The molecular weight excluding hydrogens is 270 g/mol. The molecule has 0 radical (unpaired) electrons. The highest BCUT2D eigenvalue weighted by Gasteiger charge is 2.30. The van der Waals surface area contributed by atoms with E-state index in [1.165, 1.54) is 7.11 Å². The first-order chi connectivity index (χ1) is 10.1. The van der Waals surface area contributed by atoms with Crippen LogP contribution in [0.25, 0.3) is 0 Å². The third kappa shape index (κ3) is 2.51. The van der Waals surface area contributed by atoms with Crippen LogP contribution < -0.4 is 4.74 Å². The lowest BCUT2D eigenvalue weighted by molar-refractivity contribution is 0.0783. The average molecular weight is 289 g/mol. The molecule has 0 aliphatic carbocycles. The van der Waals surface area contributed by atoms with Gasteiger partial charge >= 0.3 is 0 Å². The van der Waals surface area contributed by atoms with Crippen LogP contribution in [0.1, 0.15) is 28.4 Å². The van der Waals surface area contributed by atoms with Crippen LogP contribution in [0, 0.1) is 6.92 Å². The number of hydrogen-bond donors (Lipinski definition) is 0. The SMILES string of the molecule is COc1nn(C)cc1C(=O)N1CCC(n2cc(C)cn2)C1. The summed E-state index contributed by atoms with van der Waals surface area (Å²) >= 11 is 0. The number of aryl methyl sites for hydroxylation is 2. The summed E-state index contributed by atoms with van der Waals surface area (Å²) in [5.74, 6) is 0.340. The Labute approximate surface area is 123 Å². The van der Waals surface area contributed by atoms with Crippen LogP contribution in [0.2, 0.25) is 0 Å². The maximum Gasteiger partial charge on any atom is 0.261 e. The van der Waals surface area contributed by atoms with Crippen molar-refractivity contribution in [3.05, 3.63) is 29.7 Å². The maximum atomic E-state index is 12.6. The second-order valence-electron chi connectivity index (χ2n) is 5.42. The number of hydrogen-bond acceptors (Lipinski definition) is 4. The summed E-state index contributed by atoms with van der Waals surface area (Å²) in [6.07, 6.45) is 6.47. The number of rotatable bonds is 3. The number of amides is 1. The zero-order valence-electron chi connectivity index (χ0n) is 12.5. The van der Waals surface area contributed by atoms with Crippen molar-refractivity contribution in [1.29, 1.82) is 0 Å². The molecule has 7 nitrogen and oxygen atoms in total. The van der Waals surface area contributed by atoms with Crippen LogP contribution in [0.5, 0.6) is 5.88 Å². The highest BCUT2D eigenvalue weighted by atomic mass is 16.5. The Bertz CT molecular complexity index is 660. The predicted molar refractivity (Wildman–Crippen MR) is 76.3 cm³/mol. The number of carbonyl (C=O) groups excluding carboxylic acids is 1. The fraction of sp³-hybridized carbons (Fsp3) is 0.500. The van der Waals surface area contributed by atoms with E-state index < -0.39 is 0 Å². The first kappa shape index (κ1) is 13.7. The van der Waals surface area contributed by atoms with Crippen molar-refractivity contribution in [1.82, 2.24) is 24.5 Å². The summed E-state index contributed by atoms with van der Waals surface area (Å²) in [5, 5.41) is 8.47. The molecule has 0 N–H and O–H groups in total. The summed E-state index contributed by atoms with van der Waals surface area (Å²) in [6.45, 7) is 3.40. The lowest BCUT2D eigenvalue weighted by atomic mass is 10.3. The second kappa shape index (κ2) is 5.23. The van der Waals surface area contributed by atoms with Crippen LogP contribution in [0.15, 0.2) is 18.6 Å². The van der Waals surface area contributed by atoms with Crippen LogP contribution in [-0.4, -0.2) is 50.6 Å². The van der Waals surface area contributed by atoms with Crippen molar-refractivity contribution < 1.29 is 9.53 Å². The third-order valence-corrected chi connectivity index (χ3v) is 3.77. The monoisotopic (exact) mass is 289 g/mol. The van der Waals surface area contributed by atoms with E-state index in [4.69, 9.17) is 4.74 Å². The predicted octanol–water partition coefficient (Wildman–Crippen LogP) is 1.02. The van der Waals surface area contributed by atoms with Gasteiger partial charge in [-0.05, 0) is 18.9 Å². The van der Waals surface area contributed by atoms with Crippen LogP contribution in [0.3, 0.4) is 0 Å². The molecule has 0 spiro atoms. The van der Waals surface area contributed by atoms with Gasteiger partial charge in [-0.25, -0.2) is 0 Å². The molecule has 1 unspecified atom stereocenters. The largest absolute Gasteiger partial charge is 0.479 e. The van der Waals surface area contributed by atoms with Crippen molar-refractivity contribution in [2.75, 3.05) is 20.2 Å². The van der Waals surface area contributed by atoms with Gasteiger partial charge < -0.3 is 9.64 Å². The van der Waals surface area contributed by atoms with Crippen molar-refractivity contribution in [2.24, 2.45) is 7.05 Å². The summed E-state index contributed by atoms with van der Waals surface area (Å²) in [5.41, 5.74) is 1.64. The number of aromatic nitrogens is 4. The van der Waals surface area contributed by atoms with Gasteiger partial charge in [0.15, 0.2) is 0 Å². The number of ether oxygens (including phenoxy) is 1. The molecule has 3 heterocycles. The van der Waals surface area contributed by atoms with Gasteiger partial charge in [0.1, 0.15) is 5.56 Å². The summed E-state index contributed by atoms with van der Waals surface area (Å²) < 4.78 is 8.71. The Morgan fingerprint density at radius 3 is 2.90 bits per heavy atom. The van der Waals surface area contributed by atoms with E-state index in [2.05, 4.69) is 10.2 Å². The Balaban J connectivity index is 1.75. The molecule has 1 saturated heterocycles. The molecule has 0 bridgehead atoms. The molecule has 1 atom stereocenters. The number of carbonyl (C=O) groups is 1. The van der Waals surface area contributed by atoms with E-state index in [1.54, 1.807) is 17.9 Å². The smallest absolute Gasteiger partial charge is 0.261 e. The van der Waals surface area contributed by atoms with Crippen LogP contribution in [-0.2, 0) is 7.05 Å². The normalized spacial score (nSPS) is 18.2. The molecule has 3 rings (SSSR count). The Hall–Kier alpha value is -2.31. The minimum Gasteiger partial charge on any atom is -0.479 e. The minimum atomic E-state index is -0.0358. The quantitative estimate of drug-likeness (QED) is 0.846. The van der Waals surface area contributed by atoms with Crippen molar-refractivity contribution in [3.63, 3.8) is 0 Å². The maximum absolute atomic E-state index is 12.6. The topological polar surface area (TPSA) is 65.2 Å². The second-order valence-corrected chi connectivity index (χ2v) is 5.42. The fourth-order valence-corrected chi connectivity index (χ4v) is 2.71. The van der Waals surface area contributed by atoms with Crippen molar-refractivity contribution in [2.45, 2.75) is 19.4 Å². The standard InChI is InChI=1S/C14H19N5O2/c1-10-6-15-19(7-10)11-4-5-18(8-11)14(20)12-9-17(2)16-13(12)21-3/h6-7,9,11H,4-5,8H2,1-3H3. The summed E-state index contributed by atoms with van der Waals surface area (Å²) in [6, 6.07) is 0.241. The minimum absolute atomic E-state index is 0.0358. The highest BCUT2D eigenvalue weighted by Crippen LogP contribution is 2.25. The lowest BCUT2D eigenvalue weighted by Gasteiger charge is -2.16. The molecule has 1 fully saturated rings. The molecule has 0 saturated carbocycles. The Kier molecular flexibility index (Phi) is 3.40. The molecule has 2 aromatic rings. The molecule has 1 amide bonds. The fourth-order valence-electron chi connectivity index (χ4n) is 2.71. The van der Waals surface area contributed by atoms with E-state index in [-0.39, 0.29) is 11.9 Å². The highest BCUT2D eigenvalue weighted by molar-refractivity contribution is 5.96. The van der Waals surface area contributed by atoms with Gasteiger partial charge in [-0.2, -0.15) is 5.10 Å². The molecular formula is C14H19N5O2. The van der Waals surface area contributed by atoms with Gasteiger partial charge in [0, 0.05) is 32.5 Å². The number of nitrogens with zero attached hydrogens (tertiary/aromatic N) is 5. The molecule has 1 aliphatic rings. The van der Waals surface area contributed by atoms with Gasteiger partial charge in [0.25, 0.3) is 5.91 Å². The zero-order valence-corrected chi connectivity index (χ0v) is 12.5. The Morgan fingerprint density at radius 2 is 2.24 bits per heavy atom. The van der Waals surface area contributed by atoms with Crippen LogP contribution in [0.4, 0.5) is 0 Å². The zero-order chi connectivity index (χ0) is 15.0. The molecule has 1 aliphatic heterocycles. The lowest BCUT2D eigenvalue weighted by Crippen LogP contribution is -2.29. The van der Waals surface area contributed by atoms with Crippen molar-refractivity contribution in [3.8, 4) is 5.88 Å². The molecule has 2 aromatic heterocycles. The van der Waals surface area contributed by atoms with E-state index in [0.29, 0.717) is 18.0 Å². The summed E-state index contributed by atoms with van der Waals surface area (Å²) in [7, 11) is 3.30. The number of likely N-dealkylation sites (tertiary alicyclic amines) is 1. The van der Waals surface area contributed by atoms with E-state index in [9.17, 15) is 4.79 Å². The van der Waals surface area contributed by atoms with E-state index in [0.717, 1.165) is 18.5 Å². The first-order valence-corrected chi connectivity index (χ1v) is 6.96. The van der Waals surface area contributed by atoms with Gasteiger partial charge in [-0.15, -0.1) is 5.10 Å². The van der Waals surface area contributed by atoms with E-state index >= 15 is 0 Å². The Morgan fingerprint density at radius 1 is 1.43 bits per heavy atom. The van der Waals surface area contributed by atoms with Crippen molar-refractivity contribution >= 4 is 5.91 Å². The van der Waals surface area contributed by atoms with E-state index in [1.807, 2.05) is 28.9 Å². The molecule has 7 heteroatoms. The van der Waals surface area contributed by atoms with Gasteiger partial charge in [0.05, 0.1) is 19.3 Å². The number of methoxy groups -OCH3 is 1. The molecule has 0 aromatic carbocycles. The molecule has 21 heavy (non-hydrogen) atoms. The van der Waals surface area contributed by atoms with Gasteiger partial charge in [-0.1, -0.05) is 0 Å². The summed E-state index contributed by atoms with van der Waals surface area (Å²) in [4.78, 5) is 14.4. The molecule has 112 valence electrons. The average Bonchev–Trinajstić information content (AvgIpc) is 3.16. The first-order valence-electron chi connectivity index (χ1n) is 6.96.